The molecule has 302 valence electrons. The van der Waals surface area contributed by atoms with Crippen LogP contribution in [0.1, 0.15) is 39.9 Å². The zero-order valence-electron chi connectivity index (χ0n) is 31.7. The van der Waals surface area contributed by atoms with Gasteiger partial charge < -0.3 is 24.4 Å². The molecule has 1 N–H and O–H groups in total. The van der Waals surface area contributed by atoms with E-state index in [0.29, 0.717) is 28.4 Å². The molecule has 2 amide bonds. The Morgan fingerprint density at radius 3 is 2.42 bits per heavy atom. The van der Waals surface area contributed by atoms with E-state index in [2.05, 4.69) is 20.4 Å². The molecule has 13 nitrogen and oxygen atoms in total. The molecule has 4 aromatic heterocycles. The highest BCUT2D eigenvalue weighted by atomic mass is 35.5. The number of amides is 2. The SMILES string of the molecule is CCc1c(N2CCN(C(=O)c3ncnc(C)c3OCc3ccccc3)CC2)c(=O)n2nc(-c3cc4ccccc4s3)nc2n1CC(=O)Nc1ccc(C(F)(F)F)cc1Cl. The van der Waals surface area contributed by atoms with Gasteiger partial charge in [-0.2, -0.15) is 22.7 Å². The van der Waals surface area contributed by atoms with Crippen LogP contribution < -0.4 is 20.5 Å². The van der Waals surface area contributed by atoms with Gasteiger partial charge in [0.1, 0.15) is 25.2 Å². The number of aryl methyl sites for hydroxylation is 1. The molecule has 0 aliphatic carbocycles. The molecule has 0 radical (unpaired) electrons. The summed E-state index contributed by atoms with van der Waals surface area (Å²) in [5.74, 6) is -0.285. The Kier molecular flexibility index (Phi) is 10.8. The van der Waals surface area contributed by atoms with Gasteiger partial charge in [-0.1, -0.05) is 67.1 Å². The van der Waals surface area contributed by atoms with E-state index < -0.39 is 23.2 Å². The summed E-state index contributed by atoms with van der Waals surface area (Å²) in [7, 11) is 0. The lowest BCUT2D eigenvalue weighted by atomic mass is 10.2. The van der Waals surface area contributed by atoms with Crippen LogP contribution >= 0.6 is 22.9 Å². The summed E-state index contributed by atoms with van der Waals surface area (Å²) in [6.45, 7) is 4.42. The Morgan fingerprint density at radius 2 is 1.71 bits per heavy atom. The molecule has 1 saturated heterocycles. The van der Waals surface area contributed by atoms with Gasteiger partial charge in [0.05, 0.1) is 32.5 Å². The molecular weight excluding hydrogens is 807 g/mol. The Morgan fingerprint density at radius 1 is 0.966 bits per heavy atom. The van der Waals surface area contributed by atoms with Crippen molar-refractivity contribution >= 4 is 62.0 Å². The first-order chi connectivity index (χ1) is 28.4. The minimum atomic E-state index is -4.62. The third kappa shape index (κ3) is 7.94. The highest BCUT2D eigenvalue weighted by molar-refractivity contribution is 7.22. The number of thiophene rings is 1. The molecular formula is C41H35ClF3N9O4S. The molecule has 5 heterocycles. The number of hydrogen-bond acceptors (Lipinski definition) is 10. The van der Waals surface area contributed by atoms with E-state index in [1.54, 1.807) is 16.4 Å². The average molecular weight is 842 g/mol. The molecule has 0 unspecified atom stereocenters. The first-order valence-corrected chi connectivity index (χ1v) is 19.8. The molecule has 59 heavy (non-hydrogen) atoms. The second-order valence-electron chi connectivity index (χ2n) is 13.8. The molecule has 18 heteroatoms. The second kappa shape index (κ2) is 16.1. The van der Waals surface area contributed by atoms with Crippen LogP contribution in [0.2, 0.25) is 5.02 Å². The number of nitrogens with one attached hydrogen (secondary N) is 1. The van der Waals surface area contributed by atoms with Gasteiger partial charge in [-0.25, -0.2) is 9.97 Å². The predicted molar refractivity (Wildman–Crippen MR) is 218 cm³/mol. The number of carbonyl (C=O) groups excluding carboxylic acids is 2. The molecule has 8 rings (SSSR count). The first kappa shape index (κ1) is 39.5. The zero-order chi connectivity index (χ0) is 41.4. The van der Waals surface area contributed by atoms with Crippen LogP contribution in [0.3, 0.4) is 0 Å². The van der Waals surface area contributed by atoms with Gasteiger partial charge in [-0.05, 0) is 54.6 Å². The van der Waals surface area contributed by atoms with E-state index in [9.17, 15) is 27.6 Å². The number of carbonyl (C=O) groups is 2. The smallest absolute Gasteiger partial charge is 0.416 e. The summed E-state index contributed by atoms with van der Waals surface area (Å²) in [5, 5.41) is 7.95. The van der Waals surface area contributed by atoms with Crippen molar-refractivity contribution in [3.8, 4) is 16.5 Å². The standard InChI is InChI=1S/C41H35ClF3N9O4S/c1-3-30-35(51-15-17-52(18-16-51)38(56)34-36(24(2)46-23-47-34)58-22-25-9-5-4-6-10-25)39(57)54-40(49-37(50-54)32-19-26-11-7-8-12-31(26)59-32)53(30)21-33(55)48-29-14-13-27(20-28(29)42)41(43,44)45/h4-14,19-20,23H,3,15-18,21-22H2,1-2H3,(H,48,55). The van der Waals surface area contributed by atoms with Crippen LogP contribution in [0.4, 0.5) is 24.5 Å². The summed E-state index contributed by atoms with van der Waals surface area (Å²) in [6.07, 6.45) is -3.00. The lowest BCUT2D eigenvalue weighted by Gasteiger charge is -2.36. The number of benzene rings is 3. The van der Waals surface area contributed by atoms with Crippen molar-refractivity contribution < 1.29 is 27.5 Å². The Bertz CT molecular complexity index is 2750. The number of piperazine rings is 1. The maximum absolute atomic E-state index is 14.5. The maximum atomic E-state index is 14.5. The van der Waals surface area contributed by atoms with Gasteiger partial charge in [0.2, 0.25) is 11.7 Å². The maximum Gasteiger partial charge on any atom is 0.416 e. The quantitative estimate of drug-likeness (QED) is 0.151. The predicted octanol–water partition coefficient (Wildman–Crippen LogP) is 7.29. The lowest BCUT2D eigenvalue weighted by molar-refractivity contribution is -0.137. The minimum absolute atomic E-state index is 0.0132. The zero-order valence-corrected chi connectivity index (χ0v) is 33.2. The van der Waals surface area contributed by atoms with Crippen molar-refractivity contribution in [3.05, 3.63) is 129 Å². The van der Waals surface area contributed by atoms with Gasteiger partial charge in [-0.15, -0.1) is 16.4 Å². The van der Waals surface area contributed by atoms with Crippen LogP contribution in [0.25, 0.3) is 26.6 Å². The van der Waals surface area contributed by atoms with Gasteiger partial charge in [0.25, 0.3) is 11.5 Å². The van der Waals surface area contributed by atoms with Crippen LogP contribution in [0.5, 0.6) is 5.75 Å². The molecule has 3 aromatic carbocycles. The van der Waals surface area contributed by atoms with Crippen molar-refractivity contribution in [2.45, 2.75) is 39.6 Å². The third-order valence-electron chi connectivity index (χ3n) is 9.97. The van der Waals surface area contributed by atoms with Crippen molar-refractivity contribution in [2.75, 3.05) is 36.4 Å². The third-order valence-corrected chi connectivity index (χ3v) is 11.4. The van der Waals surface area contributed by atoms with Gasteiger partial charge in [0.15, 0.2) is 17.3 Å². The Balaban J connectivity index is 1.11. The largest absolute Gasteiger partial charge is 0.485 e. The van der Waals surface area contributed by atoms with Crippen LogP contribution in [-0.4, -0.2) is 72.0 Å². The number of nitrogens with zero attached hydrogens (tertiary/aromatic N) is 8. The number of halogens is 4. The van der Waals surface area contributed by atoms with Crippen LogP contribution in [-0.2, 0) is 30.5 Å². The van der Waals surface area contributed by atoms with Crippen molar-refractivity contribution in [1.29, 1.82) is 0 Å². The summed E-state index contributed by atoms with van der Waals surface area (Å²) in [6, 6.07) is 21.9. The van der Waals surface area contributed by atoms with Gasteiger partial charge in [-0.3, -0.25) is 14.4 Å². The fourth-order valence-electron chi connectivity index (χ4n) is 7.05. The highest BCUT2D eigenvalue weighted by Gasteiger charge is 2.33. The molecule has 0 spiro atoms. The highest BCUT2D eigenvalue weighted by Crippen LogP contribution is 2.35. The molecule has 1 aliphatic heterocycles. The van der Waals surface area contributed by atoms with E-state index in [1.165, 1.54) is 22.2 Å². The summed E-state index contributed by atoms with van der Waals surface area (Å²) in [4.78, 5) is 59.7. The minimum Gasteiger partial charge on any atom is -0.485 e. The average Bonchev–Trinajstić information content (AvgIpc) is 3.88. The Labute approximate surface area is 343 Å². The lowest BCUT2D eigenvalue weighted by Crippen LogP contribution is -2.51. The fraction of sp³-hybridized carbons (Fsp3) is 0.244. The number of rotatable bonds is 10. The van der Waals surface area contributed by atoms with Crippen molar-refractivity contribution in [2.24, 2.45) is 0 Å². The van der Waals surface area contributed by atoms with Gasteiger partial charge >= 0.3 is 6.18 Å². The van der Waals surface area contributed by atoms with E-state index in [-0.39, 0.29) is 78.9 Å². The fourth-order valence-corrected chi connectivity index (χ4v) is 8.27. The monoisotopic (exact) mass is 841 g/mol. The van der Waals surface area contributed by atoms with Crippen LogP contribution in [0, 0.1) is 6.92 Å². The van der Waals surface area contributed by atoms with Crippen molar-refractivity contribution in [1.82, 2.24) is 34.0 Å². The van der Waals surface area contributed by atoms with E-state index in [1.807, 2.05) is 72.5 Å². The normalized spacial score (nSPS) is 13.3. The summed E-state index contributed by atoms with van der Waals surface area (Å²) in [5.41, 5.74) is 0.911. The second-order valence-corrected chi connectivity index (χ2v) is 15.3. The Hall–Kier alpha value is -6.33. The van der Waals surface area contributed by atoms with Crippen molar-refractivity contribution in [3.63, 3.8) is 0 Å². The molecule has 0 bridgehead atoms. The van der Waals surface area contributed by atoms with Crippen LogP contribution in [0.15, 0.2) is 90.0 Å². The molecule has 1 fully saturated rings. The number of anilines is 2. The number of aromatic nitrogens is 6. The van der Waals surface area contributed by atoms with Gasteiger partial charge in [0, 0.05) is 30.9 Å². The molecule has 1 aliphatic rings. The number of fused-ring (bicyclic) bond motifs is 2. The number of hydrogen-bond donors (Lipinski definition) is 1. The van der Waals surface area contributed by atoms with E-state index in [4.69, 9.17) is 21.3 Å². The molecule has 0 atom stereocenters. The molecule has 0 saturated carbocycles. The number of alkyl halides is 3. The number of ether oxygens (including phenoxy) is 1. The summed E-state index contributed by atoms with van der Waals surface area (Å²) < 4.78 is 49.8. The van der Waals surface area contributed by atoms with E-state index >= 15 is 0 Å². The van der Waals surface area contributed by atoms with E-state index in [0.717, 1.165) is 33.8 Å². The summed E-state index contributed by atoms with van der Waals surface area (Å²) >= 11 is 7.64. The molecule has 7 aromatic rings. The first-order valence-electron chi connectivity index (χ1n) is 18.6. The topological polar surface area (TPSA) is 140 Å².